The first-order valence-corrected chi connectivity index (χ1v) is 7.80. The first-order valence-electron chi connectivity index (χ1n) is 7.80. The predicted molar refractivity (Wildman–Crippen MR) is 90.3 cm³/mol. The molecule has 128 valence electrons. The van der Waals surface area contributed by atoms with Crippen LogP contribution in [0.1, 0.15) is 15.9 Å². The molecule has 2 heterocycles. The summed E-state index contributed by atoms with van der Waals surface area (Å²) in [6.45, 7) is 0.407. The highest BCUT2D eigenvalue weighted by Gasteiger charge is 2.40. The van der Waals surface area contributed by atoms with E-state index in [2.05, 4.69) is 4.98 Å². The van der Waals surface area contributed by atoms with Crippen LogP contribution in [0, 0.1) is 5.82 Å². The Kier molecular flexibility index (Phi) is 3.59. The lowest BCUT2D eigenvalue weighted by atomic mass is 9.89. The standard InChI is InChI=1S/C19H16FNO4/c1-24-18-4-11(2-3-15(18)19(23)9-25-10-19)13-5-14-12(8-22)7-21-17(14)6-16(13)20/h2-8,21,23H,9-10H2,1H3. The summed E-state index contributed by atoms with van der Waals surface area (Å²) in [5, 5.41) is 11.1. The lowest BCUT2D eigenvalue weighted by Gasteiger charge is -2.37. The molecule has 1 aromatic heterocycles. The Hall–Kier alpha value is -2.70. The van der Waals surface area contributed by atoms with Gasteiger partial charge in [0.2, 0.25) is 0 Å². The molecular weight excluding hydrogens is 325 g/mol. The second-order valence-corrected chi connectivity index (χ2v) is 6.18. The second-order valence-electron chi connectivity index (χ2n) is 6.18. The van der Waals surface area contributed by atoms with Crippen LogP contribution in [0.4, 0.5) is 4.39 Å². The van der Waals surface area contributed by atoms with Gasteiger partial charge in [0.1, 0.15) is 17.2 Å². The van der Waals surface area contributed by atoms with Gasteiger partial charge in [-0.25, -0.2) is 4.39 Å². The third kappa shape index (κ3) is 2.42. The van der Waals surface area contributed by atoms with Crippen LogP contribution < -0.4 is 4.74 Å². The molecule has 0 amide bonds. The average molecular weight is 341 g/mol. The van der Waals surface area contributed by atoms with Crippen molar-refractivity contribution in [3.05, 3.63) is 53.5 Å². The zero-order chi connectivity index (χ0) is 17.6. The van der Waals surface area contributed by atoms with Gasteiger partial charge in [-0.1, -0.05) is 12.1 Å². The molecule has 0 aliphatic carbocycles. The first kappa shape index (κ1) is 15.8. The summed E-state index contributed by atoms with van der Waals surface area (Å²) in [5.41, 5.74) is 1.53. The number of halogens is 1. The Morgan fingerprint density at radius 1 is 1.32 bits per heavy atom. The number of fused-ring (bicyclic) bond motifs is 1. The molecule has 2 aromatic carbocycles. The van der Waals surface area contributed by atoms with Gasteiger partial charge in [-0.15, -0.1) is 0 Å². The van der Waals surface area contributed by atoms with E-state index >= 15 is 0 Å². The quantitative estimate of drug-likeness (QED) is 0.716. The predicted octanol–water partition coefficient (Wildman–Crippen LogP) is 3.01. The molecule has 6 heteroatoms. The van der Waals surface area contributed by atoms with E-state index in [1.165, 1.54) is 13.2 Å². The highest BCUT2D eigenvalue weighted by atomic mass is 19.1. The van der Waals surface area contributed by atoms with Crippen molar-refractivity contribution in [1.29, 1.82) is 0 Å². The van der Waals surface area contributed by atoms with Gasteiger partial charge in [0.15, 0.2) is 6.29 Å². The summed E-state index contributed by atoms with van der Waals surface area (Å²) in [6.07, 6.45) is 2.28. The molecule has 2 N–H and O–H groups in total. The lowest BCUT2D eigenvalue weighted by molar-refractivity contribution is -0.185. The Morgan fingerprint density at radius 3 is 2.76 bits per heavy atom. The minimum absolute atomic E-state index is 0.203. The number of aromatic amines is 1. The van der Waals surface area contributed by atoms with E-state index in [1.54, 1.807) is 30.5 Å². The number of aliphatic hydroxyl groups is 1. The number of methoxy groups -OCH3 is 1. The van der Waals surface area contributed by atoms with Crippen LogP contribution in [-0.4, -0.2) is 36.7 Å². The van der Waals surface area contributed by atoms with Crippen molar-refractivity contribution in [3.8, 4) is 16.9 Å². The van der Waals surface area contributed by atoms with Crippen molar-refractivity contribution in [2.75, 3.05) is 20.3 Å². The van der Waals surface area contributed by atoms with E-state index in [4.69, 9.17) is 9.47 Å². The minimum Gasteiger partial charge on any atom is -0.496 e. The molecule has 25 heavy (non-hydrogen) atoms. The molecule has 1 aliphatic rings. The molecule has 1 fully saturated rings. The second kappa shape index (κ2) is 5.68. The van der Waals surface area contributed by atoms with Crippen LogP contribution in [0.2, 0.25) is 0 Å². The highest BCUT2D eigenvalue weighted by Crippen LogP contribution is 2.39. The molecule has 0 bridgehead atoms. The van der Waals surface area contributed by atoms with Crippen molar-refractivity contribution >= 4 is 17.2 Å². The average Bonchev–Trinajstić information content (AvgIpc) is 3.00. The smallest absolute Gasteiger partial charge is 0.152 e. The van der Waals surface area contributed by atoms with Crippen molar-refractivity contribution in [1.82, 2.24) is 4.98 Å². The van der Waals surface area contributed by atoms with Gasteiger partial charge in [-0.05, 0) is 23.8 Å². The normalized spacial score (nSPS) is 15.8. The van der Waals surface area contributed by atoms with E-state index in [0.717, 1.165) is 6.29 Å². The molecule has 5 nitrogen and oxygen atoms in total. The summed E-state index contributed by atoms with van der Waals surface area (Å²) in [6, 6.07) is 8.14. The number of aldehydes is 1. The summed E-state index contributed by atoms with van der Waals surface area (Å²) in [7, 11) is 1.50. The third-order valence-corrected chi connectivity index (χ3v) is 4.62. The number of carbonyl (C=O) groups is 1. The monoisotopic (exact) mass is 341 g/mol. The number of carbonyl (C=O) groups excluding carboxylic acids is 1. The molecular formula is C19H16FNO4. The maximum atomic E-state index is 14.5. The van der Waals surface area contributed by atoms with Gasteiger partial charge < -0.3 is 19.6 Å². The number of nitrogens with one attached hydrogen (secondary N) is 1. The molecule has 0 saturated carbocycles. The SMILES string of the molecule is COc1cc(-c2cc3c(C=O)c[nH]c3cc2F)ccc1C1(O)COC1. The molecule has 0 spiro atoms. The Morgan fingerprint density at radius 2 is 2.12 bits per heavy atom. The van der Waals surface area contributed by atoms with Crippen LogP contribution in [0.5, 0.6) is 5.75 Å². The van der Waals surface area contributed by atoms with Gasteiger partial charge in [0.25, 0.3) is 0 Å². The van der Waals surface area contributed by atoms with Gasteiger partial charge in [0.05, 0.1) is 20.3 Å². The van der Waals surface area contributed by atoms with E-state index in [0.29, 0.717) is 38.9 Å². The topological polar surface area (TPSA) is 71.6 Å². The number of ether oxygens (including phenoxy) is 2. The molecule has 1 aliphatic heterocycles. The van der Waals surface area contributed by atoms with Gasteiger partial charge in [-0.3, -0.25) is 4.79 Å². The fourth-order valence-electron chi connectivity index (χ4n) is 3.18. The first-order chi connectivity index (χ1) is 12.1. The fraction of sp³-hybridized carbons (Fsp3) is 0.211. The molecule has 0 radical (unpaired) electrons. The number of benzene rings is 2. The number of rotatable bonds is 4. The van der Waals surface area contributed by atoms with Crippen LogP contribution in [0.3, 0.4) is 0 Å². The van der Waals surface area contributed by atoms with E-state index in [1.807, 2.05) is 0 Å². The molecule has 3 aromatic rings. The van der Waals surface area contributed by atoms with Crippen molar-refractivity contribution in [2.24, 2.45) is 0 Å². The Labute approximate surface area is 143 Å². The molecule has 0 atom stereocenters. The van der Waals surface area contributed by atoms with Crippen LogP contribution in [0.25, 0.3) is 22.0 Å². The fourth-order valence-corrected chi connectivity index (χ4v) is 3.18. The Bertz CT molecular complexity index is 975. The van der Waals surface area contributed by atoms with Crippen LogP contribution in [-0.2, 0) is 10.3 Å². The number of hydrogen-bond acceptors (Lipinski definition) is 4. The summed E-state index contributed by atoms with van der Waals surface area (Å²) >= 11 is 0. The van der Waals surface area contributed by atoms with Gasteiger partial charge in [0, 0.05) is 33.8 Å². The lowest BCUT2D eigenvalue weighted by Crippen LogP contribution is -2.46. The number of hydrogen-bond donors (Lipinski definition) is 2. The summed E-state index contributed by atoms with van der Waals surface area (Å²) in [5.74, 6) is 0.0553. The van der Waals surface area contributed by atoms with Gasteiger partial charge in [-0.2, -0.15) is 0 Å². The van der Waals surface area contributed by atoms with Crippen molar-refractivity contribution in [2.45, 2.75) is 5.60 Å². The molecule has 1 saturated heterocycles. The summed E-state index contributed by atoms with van der Waals surface area (Å²) in [4.78, 5) is 14.0. The molecule has 4 rings (SSSR count). The van der Waals surface area contributed by atoms with Gasteiger partial charge >= 0.3 is 0 Å². The molecule has 0 unspecified atom stereocenters. The van der Waals surface area contributed by atoms with Crippen molar-refractivity contribution in [3.63, 3.8) is 0 Å². The largest absolute Gasteiger partial charge is 0.496 e. The number of aromatic nitrogens is 1. The van der Waals surface area contributed by atoms with E-state index < -0.39 is 11.4 Å². The van der Waals surface area contributed by atoms with Crippen molar-refractivity contribution < 1.29 is 23.8 Å². The third-order valence-electron chi connectivity index (χ3n) is 4.62. The van der Waals surface area contributed by atoms with E-state index in [-0.39, 0.29) is 13.2 Å². The maximum absolute atomic E-state index is 14.5. The highest BCUT2D eigenvalue weighted by molar-refractivity contribution is 5.99. The van der Waals surface area contributed by atoms with Crippen LogP contribution in [0.15, 0.2) is 36.5 Å². The summed E-state index contributed by atoms with van der Waals surface area (Å²) < 4.78 is 25.0. The zero-order valence-electron chi connectivity index (χ0n) is 13.5. The number of H-pyrrole nitrogens is 1. The van der Waals surface area contributed by atoms with Crippen LogP contribution >= 0.6 is 0 Å². The maximum Gasteiger partial charge on any atom is 0.152 e. The zero-order valence-corrected chi connectivity index (χ0v) is 13.5. The van der Waals surface area contributed by atoms with E-state index in [9.17, 15) is 14.3 Å². The Balaban J connectivity index is 1.85. The minimum atomic E-state index is -1.07.